The van der Waals surface area contributed by atoms with Crippen molar-refractivity contribution in [1.29, 1.82) is 0 Å². The molecule has 1 aliphatic heterocycles. The zero-order chi connectivity index (χ0) is 15.5. The van der Waals surface area contributed by atoms with Gasteiger partial charge in [-0.15, -0.1) is 24.8 Å². The lowest BCUT2D eigenvalue weighted by molar-refractivity contribution is 0.101. The molecule has 1 saturated carbocycles. The van der Waals surface area contributed by atoms with E-state index in [1.807, 2.05) is 13.0 Å². The molecule has 1 N–H and O–H groups in total. The zero-order valence-corrected chi connectivity index (χ0v) is 16.6. The summed E-state index contributed by atoms with van der Waals surface area (Å²) in [5.41, 5.74) is 1.45. The van der Waals surface area contributed by atoms with Crippen LogP contribution in [0.5, 0.6) is 0 Å². The highest BCUT2D eigenvalue weighted by Gasteiger charge is 2.34. The number of benzene rings is 1. The molecule has 0 aromatic heterocycles. The van der Waals surface area contributed by atoms with Gasteiger partial charge in [0, 0.05) is 42.8 Å². The highest BCUT2D eigenvalue weighted by atomic mass is 35.5. The van der Waals surface area contributed by atoms with E-state index in [0.29, 0.717) is 16.5 Å². The predicted molar refractivity (Wildman–Crippen MR) is 104 cm³/mol. The third-order valence-corrected chi connectivity index (χ3v) is 5.59. The van der Waals surface area contributed by atoms with Crippen molar-refractivity contribution in [2.45, 2.75) is 45.1 Å². The van der Waals surface area contributed by atoms with Crippen molar-refractivity contribution < 1.29 is 4.39 Å². The summed E-state index contributed by atoms with van der Waals surface area (Å²) in [5, 5.41) is 3.99. The maximum absolute atomic E-state index is 14.9. The Morgan fingerprint density at radius 3 is 2.38 bits per heavy atom. The van der Waals surface area contributed by atoms with E-state index in [4.69, 9.17) is 11.6 Å². The van der Waals surface area contributed by atoms with Crippen molar-refractivity contribution in [2.24, 2.45) is 5.92 Å². The van der Waals surface area contributed by atoms with Gasteiger partial charge in [-0.05, 0) is 37.3 Å². The van der Waals surface area contributed by atoms with Crippen LogP contribution < -0.4 is 5.32 Å². The van der Waals surface area contributed by atoms with Gasteiger partial charge < -0.3 is 5.32 Å². The van der Waals surface area contributed by atoms with Gasteiger partial charge in [0.15, 0.2) is 0 Å². The van der Waals surface area contributed by atoms with E-state index in [-0.39, 0.29) is 36.7 Å². The second kappa shape index (κ2) is 10.2. The summed E-state index contributed by atoms with van der Waals surface area (Å²) < 4.78 is 14.9. The van der Waals surface area contributed by atoms with Gasteiger partial charge in [0.05, 0.1) is 0 Å². The maximum Gasteiger partial charge on any atom is 0.132 e. The van der Waals surface area contributed by atoms with E-state index in [1.54, 1.807) is 6.07 Å². The molecule has 24 heavy (non-hydrogen) atoms. The summed E-state index contributed by atoms with van der Waals surface area (Å²) in [5.74, 6) is 0.433. The Kier molecular flexibility index (Phi) is 9.32. The normalized spacial score (nSPS) is 20.8. The van der Waals surface area contributed by atoms with Gasteiger partial charge in [-0.3, -0.25) is 4.90 Å². The number of rotatable bonds is 3. The van der Waals surface area contributed by atoms with Crippen molar-refractivity contribution in [1.82, 2.24) is 10.2 Å². The first-order valence-electron chi connectivity index (χ1n) is 8.57. The van der Waals surface area contributed by atoms with Gasteiger partial charge in [-0.1, -0.05) is 36.9 Å². The van der Waals surface area contributed by atoms with Crippen LogP contribution in [0.4, 0.5) is 4.39 Å². The Labute approximate surface area is 162 Å². The number of nitrogens with zero attached hydrogens (tertiary/aromatic N) is 1. The minimum Gasteiger partial charge on any atom is -0.314 e. The summed E-state index contributed by atoms with van der Waals surface area (Å²) in [7, 11) is 0. The lowest BCUT2D eigenvalue weighted by Gasteiger charge is -2.41. The molecular formula is C18H28Cl3FN2. The van der Waals surface area contributed by atoms with Crippen molar-refractivity contribution in [3.63, 3.8) is 0 Å². The Morgan fingerprint density at radius 1 is 1.12 bits per heavy atom. The summed E-state index contributed by atoms with van der Waals surface area (Å²) in [6.45, 7) is 5.75. The van der Waals surface area contributed by atoms with E-state index >= 15 is 0 Å². The number of piperazine rings is 1. The average Bonchev–Trinajstić information content (AvgIpc) is 2.57. The van der Waals surface area contributed by atoms with Gasteiger partial charge >= 0.3 is 0 Å². The molecule has 2 nitrogen and oxygen atoms in total. The Balaban J connectivity index is 0.00000144. The molecule has 1 aromatic carbocycles. The molecule has 2 aliphatic rings. The molecule has 0 unspecified atom stereocenters. The minimum absolute atomic E-state index is 0. The van der Waals surface area contributed by atoms with Crippen LogP contribution in [0.3, 0.4) is 0 Å². The van der Waals surface area contributed by atoms with Gasteiger partial charge in [0.2, 0.25) is 0 Å². The standard InChI is InChI=1S/C18H26ClFN2.2ClH/c1-13-7-8-15(19)16(17(13)20)18(14-5-3-2-4-6-14)22-11-9-21-10-12-22;;/h7-8,14,18,21H,2-6,9-12H2,1H3;2*1H/t18-;;/m1../s1. The molecule has 6 heteroatoms. The topological polar surface area (TPSA) is 15.3 Å². The molecule has 1 heterocycles. The average molecular weight is 398 g/mol. The third-order valence-electron chi connectivity index (χ3n) is 5.26. The fourth-order valence-electron chi connectivity index (χ4n) is 4.08. The first kappa shape index (κ1) is 22.0. The van der Waals surface area contributed by atoms with Crippen LogP contribution in [0.25, 0.3) is 0 Å². The molecule has 0 spiro atoms. The van der Waals surface area contributed by atoms with Crippen LogP contribution in [-0.4, -0.2) is 31.1 Å². The van der Waals surface area contributed by atoms with Crippen molar-refractivity contribution in [3.8, 4) is 0 Å². The molecule has 1 aliphatic carbocycles. The molecule has 3 rings (SSSR count). The summed E-state index contributed by atoms with van der Waals surface area (Å²) >= 11 is 6.45. The molecule has 138 valence electrons. The molecular weight excluding hydrogens is 370 g/mol. The SMILES string of the molecule is Cc1ccc(Cl)c([C@@H](C2CCCCC2)N2CCNCC2)c1F.Cl.Cl. The van der Waals surface area contributed by atoms with E-state index < -0.39 is 0 Å². The smallest absolute Gasteiger partial charge is 0.132 e. The van der Waals surface area contributed by atoms with E-state index in [0.717, 1.165) is 31.7 Å². The highest BCUT2D eigenvalue weighted by Crippen LogP contribution is 2.42. The van der Waals surface area contributed by atoms with Gasteiger partial charge in [-0.2, -0.15) is 0 Å². The largest absolute Gasteiger partial charge is 0.314 e. The quantitative estimate of drug-likeness (QED) is 0.758. The number of nitrogens with one attached hydrogen (secondary N) is 1. The number of hydrogen-bond donors (Lipinski definition) is 1. The van der Waals surface area contributed by atoms with E-state index in [2.05, 4.69) is 10.2 Å². The third kappa shape index (κ3) is 4.76. The first-order chi connectivity index (χ1) is 10.7. The van der Waals surface area contributed by atoms with Crippen LogP contribution in [0.1, 0.15) is 49.3 Å². The van der Waals surface area contributed by atoms with Crippen LogP contribution in [0.2, 0.25) is 5.02 Å². The monoisotopic (exact) mass is 396 g/mol. The predicted octanol–water partition coefficient (Wildman–Crippen LogP) is 5.16. The Morgan fingerprint density at radius 2 is 1.75 bits per heavy atom. The summed E-state index contributed by atoms with van der Waals surface area (Å²) in [6, 6.07) is 3.79. The molecule has 1 aromatic rings. The first-order valence-corrected chi connectivity index (χ1v) is 8.95. The zero-order valence-electron chi connectivity index (χ0n) is 14.2. The second-order valence-corrected chi connectivity index (χ2v) is 7.13. The molecule has 1 saturated heterocycles. The lowest BCUT2D eigenvalue weighted by atomic mass is 9.79. The maximum atomic E-state index is 14.9. The summed E-state index contributed by atoms with van der Waals surface area (Å²) in [6.07, 6.45) is 6.22. The number of halogens is 4. The molecule has 1 atom stereocenters. The van der Waals surface area contributed by atoms with Gasteiger partial charge in [-0.25, -0.2) is 4.39 Å². The van der Waals surface area contributed by atoms with Crippen LogP contribution >= 0.6 is 36.4 Å². The van der Waals surface area contributed by atoms with Crippen LogP contribution in [0, 0.1) is 18.7 Å². The van der Waals surface area contributed by atoms with Gasteiger partial charge in [0.25, 0.3) is 0 Å². The van der Waals surface area contributed by atoms with Crippen molar-refractivity contribution >= 4 is 36.4 Å². The fourth-order valence-corrected chi connectivity index (χ4v) is 4.33. The molecule has 0 amide bonds. The van der Waals surface area contributed by atoms with Crippen molar-refractivity contribution in [3.05, 3.63) is 34.1 Å². The van der Waals surface area contributed by atoms with Crippen LogP contribution in [0.15, 0.2) is 12.1 Å². The number of aryl methyl sites for hydroxylation is 1. The van der Waals surface area contributed by atoms with Crippen molar-refractivity contribution in [2.75, 3.05) is 26.2 Å². The van der Waals surface area contributed by atoms with Crippen LogP contribution in [-0.2, 0) is 0 Å². The lowest BCUT2D eigenvalue weighted by Crippen LogP contribution is -2.47. The molecule has 0 radical (unpaired) electrons. The molecule has 0 bridgehead atoms. The van der Waals surface area contributed by atoms with E-state index in [9.17, 15) is 4.39 Å². The Bertz CT molecular complexity index is 497. The van der Waals surface area contributed by atoms with Gasteiger partial charge in [0.1, 0.15) is 5.82 Å². The number of hydrogen-bond acceptors (Lipinski definition) is 2. The highest BCUT2D eigenvalue weighted by molar-refractivity contribution is 6.31. The molecule has 2 fully saturated rings. The summed E-state index contributed by atoms with van der Waals surface area (Å²) in [4.78, 5) is 2.45. The van der Waals surface area contributed by atoms with E-state index in [1.165, 1.54) is 32.1 Å². The second-order valence-electron chi connectivity index (χ2n) is 6.72. The minimum atomic E-state index is -0.0957. The fraction of sp³-hybridized carbons (Fsp3) is 0.667. The Hall–Kier alpha value is -0.0600.